The zero-order valence-corrected chi connectivity index (χ0v) is 82.4. The van der Waals surface area contributed by atoms with Gasteiger partial charge >= 0.3 is 15.2 Å². The predicted octanol–water partition coefficient (Wildman–Crippen LogP) is 15.9. The number of halogens is 7. The van der Waals surface area contributed by atoms with Crippen molar-refractivity contribution in [2.45, 2.75) is 287 Å². The van der Waals surface area contributed by atoms with Crippen LogP contribution in [0.15, 0.2) is 174 Å². The van der Waals surface area contributed by atoms with E-state index in [0.717, 1.165) is 43.5 Å². The summed E-state index contributed by atoms with van der Waals surface area (Å²) in [4.78, 5) is 81.9. The second kappa shape index (κ2) is 56.4. The molecular weight excluding hydrogens is 1890 g/mol. The average molecular weight is 2040 g/mol. The number of alkyl halides is 7. The summed E-state index contributed by atoms with van der Waals surface area (Å²) in [7, 11) is -27.6. The van der Waals surface area contributed by atoms with E-state index in [1.54, 1.807) is 182 Å². The van der Waals surface area contributed by atoms with Crippen molar-refractivity contribution in [2.75, 3.05) is 59.1 Å². The molecule has 0 bridgehead atoms. The summed E-state index contributed by atoms with van der Waals surface area (Å²) < 4.78 is 306. The molecule has 7 fully saturated rings. The highest BCUT2D eigenvalue weighted by Gasteiger charge is 2.50. The zero-order chi connectivity index (χ0) is 106. The van der Waals surface area contributed by atoms with E-state index < -0.39 is 230 Å². The van der Waals surface area contributed by atoms with E-state index in [1.807, 2.05) is 6.07 Å². The number of hydrogen-bond donors (Lipinski definition) is 11. The van der Waals surface area contributed by atoms with Gasteiger partial charge in [-0.1, -0.05) is 91.0 Å². The molecule has 132 heavy (non-hydrogen) atoms. The lowest BCUT2D eigenvalue weighted by Gasteiger charge is -2.20. The van der Waals surface area contributed by atoms with Crippen LogP contribution in [0, 0.1) is 0 Å². The number of aliphatic hydroxyl groups excluding tert-OH is 2. The molecule has 10 rings (SSSR count). The van der Waals surface area contributed by atoms with E-state index in [2.05, 4.69) is 0 Å². The Kier molecular flexibility index (Phi) is 46.3. The molecule has 754 valence electrons. The quantitative estimate of drug-likeness (QED) is 0.0199. The van der Waals surface area contributed by atoms with Crippen molar-refractivity contribution in [1.82, 2.24) is 0 Å². The van der Waals surface area contributed by atoms with Gasteiger partial charge in [-0.3, -0.25) is 32.0 Å². The lowest BCUT2D eigenvalue weighted by Crippen LogP contribution is -2.32. The van der Waals surface area contributed by atoms with Crippen LogP contribution >= 0.6 is 52.0 Å². The Balaban J connectivity index is 0.000000340. The lowest BCUT2D eigenvalue weighted by molar-refractivity contribution is -0.0388. The summed E-state index contributed by atoms with van der Waals surface area (Å²) in [5, 5.41) is 17.6. The van der Waals surface area contributed by atoms with Crippen LogP contribution in [0.25, 0.3) is 0 Å². The van der Waals surface area contributed by atoms with Gasteiger partial charge in [0.25, 0.3) is 0 Å². The number of aliphatic hydroxyl groups is 2. The van der Waals surface area contributed by atoms with Crippen LogP contribution in [-0.4, -0.2) is 285 Å². The van der Waals surface area contributed by atoms with Crippen LogP contribution in [0.3, 0.4) is 0 Å². The fourth-order valence-corrected chi connectivity index (χ4v) is 15.5. The molecule has 0 saturated carbocycles. The Morgan fingerprint density at radius 2 is 0.538 bits per heavy atom. The molecule has 7 saturated heterocycles. The molecule has 5 unspecified atom stereocenters. The van der Waals surface area contributed by atoms with Crippen molar-refractivity contribution in [3.63, 3.8) is 0 Å². The molecule has 0 amide bonds. The van der Waals surface area contributed by atoms with Crippen LogP contribution in [0.2, 0.25) is 0 Å². The molecule has 32 nitrogen and oxygen atoms in total. The van der Waals surface area contributed by atoms with Crippen LogP contribution in [-0.2, 0) is 98.3 Å². The van der Waals surface area contributed by atoms with Crippen LogP contribution < -0.4 is 0 Å². The first kappa shape index (κ1) is 108. The zero-order valence-electron chi connectivity index (χ0n) is 83.1. The van der Waals surface area contributed by atoms with Gasteiger partial charge in [-0.25, -0.2) is 30.7 Å². The summed E-state index contributed by atoms with van der Waals surface area (Å²) in [6.45, 7) is 26.9. The van der Waals surface area contributed by atoms with Crippen molar-refractivity contribution >= 4 is 52.0 Å². The normalized spacial score (nSPS) is 33.4. The Hall–Kier alpha value is -4.04. The summed E-state index contributed by atoms with van der Waals surface area (Å²) in [5.41, 5.74) is 1.84. The van der Waals surface area contributed by atoms with Crippen molar-refractivity contribution in [1.29, 1.82) is 0 Å². The van der Waals surface area contributed by atoms with E-state index in [9.17, 15) is 82.3 Å². The van der Waals surface area contributed by atoms with Gasteiger partial charge in [-0.15, -0.1) is 0 Å². The molecule has 11 N–H and O–H groups in total. The molecular formula is C86H134F7O32P7. The molecule has 7 heterocycles. The Bertz CT molecular complexity index is 4680. The van der Waals surface area contributed by atoms with Crippen molar-refractivity contribution < 1.29 is 193 Å². The van der Waals surface area contributed by atoms with Gasteiger partial charge in [0.15, 0.2) is 43.2 Å². The molecule has 7 aliphatic rings. The van der Waals surface area contributed by atoms with Crippen LogP contribution in [0.4, 0.5) is 30.7 Å². The van der Waals surface area contributed by atoms with Gasteiger partial charge in [-0.2, -0.15) is 0 Å². The molecule has 0 aromatic heterocycles. The summed E-state index contributed by atoms with van der Waals surface area (Å²) in [6, 6.07) is 24.2. The minimum absolute atomic E-state index is 0.120. The molecule has 3 aromatic carbocycles. The molecule has 0 aliphatic carbocycles. The van der Waals surface area contributed by atoms with Gasteiger partial charge in [0.1, 0.15) is 116 Å². The fraction of sp³-hybridized carbons (Fsp3) is 0.628. The standard InChI is InChI=1S/C16H22FO5P.C16H22FO4P.C15H20FO5P.C10H18FO5P.2C10H18FO4P.C9H16FO5P/c1-11(2)21-16-13(8-9-23(19,20)10-18)22-15(14(16)17)12-6-4-3-5-7-12;1-11(2)20-16-13(9-10-22(3,18)19)21-15(14(16)17)12-7-5-4-6-8-12;1-10(2)20-15-12(8-9-22(17,18)19)21-14(13(15)16)11-6-4-3-5-7-11;1-7(2)16-10-8(11)5-15-9(10)3-4-17(13,14)6-12;2*1-7(2)15-10-8(11)6-14-9(10)4-5-16(3,12)13;1-6(2)15-9-7(10)5-14-8(9)3-4-16(11,12)13/h3-9,11,13-16,18H,10H2,1-2H3,(H,19,20);4-11,13-16H,1-3H3,(H,18,19);3-10,12-15H,1-2H3,(H2,17,18,19);3-4,7-10,12H,5-6H2,1-2H3,(H,13,14);2*4-5,7-10H,6H2,1-3H3,(H,12,13);3-4,6-9H,5H2,1-2H3,(H2,11,12,13)/b9-8+;10-9+;9-8+;4-3+;2*5-4+;4-3+/t2*13-,14+,15+,16-;12-,13+,14+,15-;3*8-,9+,10-;7-,8+,9-/m1110000/s1/i8D;9D;8D;3D;5D;4D;3D. The van der Waals surface area contributed by atoms with E-state index in [0.29, 0.717) is 34.1 Å². The number of benzene rings is 3. The van der Waals surface area contributed by atoms with E-state index in [1.165, 1.54) is 0 Å². The van der Waals surface area contributed by atoms with E-state index in [4.69, 9.17) is 111 Å². The smallest absolute Gasteiger partial charge is 0.348 e. The van der Waals surface area contributed by atoms with Crippen LogP contribution in [0.1, 0.15) is 142 Å². The highest BCUT2D eigenvalue weighted by molar-refractivity contribution is 7.62. The van der Waals surface area contributed by atoms with Crippen molar-refractivity contribution in [3.8, 4) is 0 Å². The van der Waals surface area contributed by atoms with Crippen molar-refractivity contribution in [3.05, 3.63) is 191 Å². The van der Waals surface area contributed by atoms with Gasteiger partial charge in [0.05, 0.1) is 78.8 Å². The molecule has 0 radical (unpaired) electrons. The number of hydrogen-bond acceptors (Lipinski definition) is 23. The maximum Gasteiger partial charge on any atom is 0.348 e. The van der Waals surface area contributed by atoms with Gasteiger partial charge in [-0.05, 0) is 173 Å². The molecule has 3 aromatic rings. The van der Waals surface area contributed by atoms with Gasteiger partial charge in [0.2, 0.25) is 36.8 Å². The monoisotopic (exact) mass is 2040 g/mol. The lowest BCUT2D eigenvalue weighted by atomic mass is 10.0. The molecule has 46 heteroatoms. The van der Waals surface area contributed by atoms with E-state index in [-0.39, 0.29) is 93.4 Å². The molecule has 0 spiro atoms. The number of rotatable bonds is 33. The largest absolute Gasteiger partial charge is 0.386 e. The molecule has 7 aliphatic heterocycles. The maximum atomic E-state index is 14.9. The summed E-state index contributed by atoms with van der Waals surface area (Å²) in [5.74, 6) is 3.79. The highest BCUT2D eigenvalue weighted by atomic mass is 31.2. The first-order chi connectivity index (χ1) is 64.0. The Labute approximate surface area is 778 Å². The van der Waals surface area contributed by atoms with Crippen molar-refractivity contribution in [2.24, 2.45) is 0 Å². The van der Waals surface area contributed by atoms with Gasteiger partial charge in [0, 0.05) is 43.3 Å². The predicted molar refractivity (Wildman–Crippen MR) is 485 cm³/mol. The van der Waals surface area contributed by atoms with Crippen LogP contribution in [0.5, 0.6) is 0 Å². The second-order valence-electron chi connectivity index (χ2n) is 33.0. The van der Waals surface area contributed by atoms with E-state index >= 15 is 0 Å². The highest BCUT2D eigenvalue weighted by Crippen LogP contribution is 2.48. The Morgan fingerprint density at radius 1 is 0.326 bits per heavy atom. The second-order valence-corrected chi connectivity index (χ2v) is 46.3. The maximum absolute atomic E-state index is 14.9. The summed E-state index contributed by atoms with van der Waals surface area (Å²) >= 11 is 0. The minimum Gasteiger partial charge on any atom is -0.386 e. The summed E-state index contributed by atoms with van der Waals surface area (Å²) in [6.07, 6.45) is -29.1. The first-order valence-corrected chi connectivity index (χ1v) is 55.5. The topological polar surface area (TPSA) is 471 Å². The minimum atomic E-state index is -4.55. The third-order valence-corrected chi connectivity index (χ3v) is 22.7. The average Bonchev–Trinajstić information content (AvgIpc) is 1.65. The third-order valence-electron chi connectivity index (χ3n) is 17.9. The molecule has 29 atom stereocenters. The SMILES string of the molecule is [2H]/C(=C\P(=O)(O)CO)[C@H]1OC[C@H](F)[C@@H]1OC(C)C.[2H]/C(=C\P(=O)(O)CO)[C@H]1O[C@@H](c2ccccc2)[C@H](F)[C@@H]1OC(C)C.[2H]/C(=C\P(=O)(O)O)[C@H]1OC[C@H](F)[C@@H]1OC(C)C.[2H]/C(=C\P(=O)(O)O)[C@H]1O[C@@H](c2ccccc2)[C@H](F)[C@@H]1OC(C)C.[2H]/C(=C\P(C)(=O)O)[C@H]1OC[C@H](F)[C@@H]1OC(C)C.[2H]/C(=C\P(C)(=O)O)[C@H]1O[C@@H](c2ccccc2)[C@H](F)[C@@H]1OC(C)C.[2H]/C(=C\[C@H]1OC[C@H](F)[C@@H]1OC(C)C)P(C)(=O)O. The Morgan fingerprint density at radius 3 is 0.773 bits per heavy atom. The first-order valence-electron chi connectivity index (χ1n) is 45.4. The van der Waals surface area contributed by atoms with Gasteiger partial charge < -0.3 is 121 Å². The third kappa shape index (κ3) is 45.5. The number of ether oxygens (including phenoxy) is 14. The fourth-order valence-electron chi connectivity index (χ4n) is 12.7.